The van der Waals surface area contributed by atoms with Gasteiger partial charge in [0.1, 0.15) is 11.6 Å². The molecule has 0 aliphatic carbocycles. The largest absolute Gasteiger partial charge is 0.468 e. The van der Waals surface area contributed by atoms with Crippen molar-refractivity contribution < 1.29 is 19.2 Å². The monoisotopic (exact) mass is 314 g/mol. The van der Waals surface area contributed by atoms with Gasteiger partial charge in [-0.05, 0) is 19.9 Å². The van der Waals surface area contributed by atoms with Gasteiger partial charge in [-0.25, -0.2) is 0 Å². The number of nitrogens with zero attached hydrogens (tertiary/aromatic N) is 2. The van der Waals surface area contributed by atoms with Crippen LogP contribution in [0.3, 0.4) is 0 Å². The fourth-order valence-corrected chi connectivity index (χ4v) is 1.95. The second kappa shape index (κ2) is 7.03. The van der Waals surface area contributed by atoms with Crippen molar-refractivity contribution in [3.8, 4) is 0 Å². The third-order valence-corrected chi connectivity index (χ3v) is 3.21. The minimum absolute atomic E-state index is 0.0246. The molecule has 0 aliphatic rings. The molecule has 0 spiro atoms. The van der Waals surface area contributed by atoms with Gasteiger partial charge < -0.3 is 9.64 Å². The lowest BCUT2D eigenvalue weighted by atomic mass is 10.1. The maximum atomic E-state index is 12.4. The van der Waals surface area contributed by atoms with Gasteiger partial charge in [-0.1, -0.05) is 17.7 Å². The Kier molecular flexibility index (Phi) is 5.66. The van der Waals surface area contributed by atoms with Crippen molar-refractivity contribution in [2.75, 3.05) is 13.7 Å². The summed E-state index contributed by atoms with van der Waals surface area (Å²) in [4.78, 5) is 35.2. The molecule has 8 heteroatoms. The van der Waals surface area contributed by atoms with E-state index in [4.69, 9.17) is 11.6 Å². The molecule has 0 saturated heterocycles. The van der Waals surface area contributed by atoms with E-state index in [1.54, 1.807) is 13.8 Å². The van der Waals surface area contributed by atoms with Crippen molar-refractivity contribution in [2.45, 2.75) is 19.9 Å². The van der Waals surface area contributed by atoms with Gasteiger partial charge in [-0.3, -0.25) is 19.7 Å². The van der Waals surface area contributed by atoms with Gasteiger partial charge in [0.05, 0.1) is 17.6 Å². The highest BCUT2D eigenvalue weighted by Crippen LogP contribution is 2.28. The molecule has 0 N–H and O–H groups in total. The van der Waals surface area contributed by atoms with Gasteiger partial charge in [0, 0.05) is 12.1 Å². The van der Waals surface area contributed by atoms with E-state index in [9.17, 15) is 19.7 Å². The number of hydrogen-bond donors (Lipinski definition) is 0. The third-order valence-electron chi connectivity index (χ3n) is 2.82. The highest BCUT2D eigenvalue weighted by atomic mass is 35.5. The van der Waals surface area contributed by atoms with E-state index >= 15 is 0 Å². The molecule has 0 radical (unpaired) electrons. The number of carbonyl (C=O) groups excluding carboxylic acids is 2. The second-order valence-corrected chi connectivity index (χ2v) is 4.88. The maximum absolute atomic E-state index is 12.4. The Hall–Kier alpha value is -2.15. The molecule has 21 heavy (non-hydrogen) atoms. The maximum Gasteiger partial charge on any atom is 0.325 e. The summed E-state index contributed by atoms with van der Waals surface area (Å²) in [5, 5.41) is 10.6. The molecule has 1 rings (SSSR count). The van der Waals surface area contributed by atoms with Crippen molar-refractivity contribution in [1.29, 1.82) is 0 Å². The van der Waals surface area contributed by atoms with Gasteiger partial charge in [-0.15, -0.1) is 0 Å². The first-order valence-electron chi connectivity index (χ1n) is 6.10. The molecule has 1 aromatic rings. The summed E-state index contributed by atoms with van der Waals surface area (Å²) in [7, 11) is 1.21. The summed E-state index contributed by atoms with van der Waals surface area (Å²) in [6, 6.07) is 3.66. The fourth-order valence-electron chi connectivity index (χ4n) is 1.67. The zero-order valence-electron chi connectivity index (χ0n) is 11.8. The van der Waals surface area contributed by atoms with Crippen LogP contribution < -0.4 is 0 Å². The lowest BCUT2D eigenvalue weighted by molar-refractivity contribution is -0.384. The van der Waals surface area contributed by atoms with Gasteiger partial charge >= 0.3 is 5.97 Å². The van der Waals surface area contributed by atoms with Crippen molar-refractivity contribution in [3.05, 3.63) is 38.9 Å². The summed E-state index contributed by atoms with van der Waals surface area (Å²) >= 11 is 5.91. The van der Waals surface area contributed by atoms with E-state index in [0.29, 0.717) is 0 Å². The highest BCUT2D eigenvalue weighted by Gasteiger charge is 2.26. The zero-order chi connectivity index (χ0) is 16.2. The first-order chi connectivity index (χ1) is 9.79. The molecule has 114 valence electrons. The lowest BCUT2D eigenvalue weighted by Gasteiger charge is -2.25. The number of halogens is 1. The Bertz CT molecular complexity index is 574. The molecular formula is C13H15ClN2O5. The van der Waals surface area contributed by atoms with E-state index in [1.165, 1.54) is 30.2 Å². The summed E-state index contributed by atoms with van der Waals surface area (Å²) < 4.78 is 4.54. The Morgan fingerprint density at radius 2 is 2.05 bits per heavy atom. The number of benzene rings is 1. The number of nitro groups is 1. The number of ether oxygens (including phenoxy) is 1. The number of methoxy groups -OCH3 is 1. The van der Waals surface area contributed by atoms with Crippen LogP contribution in [0.1, 0.15) is 24.2 Å². The normalized spacial score (nSPS) is 10.3. The summed E-state index contributed by atoms with van der Waals surface area (Å²) in [6.07, 6.45) is 0. The highest BCUT2D eigenvalue weighted by molar-refractivity contribution is 6.35. The molecule has 0 atom stereocenters. The molecule has 0 aliphatic heterocycles. The molecule has 1 amide bonds. The first kappa shape index (κ1) is 16.9. The summed E-state index contributed by atoms with van der Waals surface area (Å²) in [5.41, 5.74) is -0.382. The Morgan fingerprint density at radius 1 is 1.43 bits per heavy atom. The van der Waals surface area contributed by atoms with Gasteiger partial charge in [0.25, 0.3) is 11.6 Å². The molecule has 0 heterocycles. The molecule has 1 aromatic carbocycles. The van der Waals surface area contributed by atoms with Crippen LogP contribution in [0.5, 0.6) is 0 Å². The van der Waals surface area contributed by atoms with Crippen LogP contribution in [0.15, 0.2) is 18.2 Å². The Morgan fingerprint density at radius 3 is 2.52 bits per heavy atom. The van der Waals surface area contributed by atoms with Crippen LogP contribution in [0, 0.1) is 10.1 Å². The smallest absolute Gasteiger partial charge is 0.325 e. The SMILES string of the molecule is COC(=O)CN(C(=O)c1cccc([N+](=O)[O-])c1Cl)C(C)C. The average molecular weight is 315 g/mol. The molecule has 7 nitrogen and oxygen atoms in total. The number of amides is 1. The first-order valence-corrected chi connectivity index (χ1v) is 6.48. The van der Waals surface area contributed by atoms with Crippen molar-refractivity contribution in [2.24, 2.45) is 0 Å². The van der Waals surface area contributed by atoms with E-state index in [-0.39, 0.29) is 28.9 Å². The number of nitro benzene ring substituents is 1. The number of hydrogen-bond acceptors (Lipinski definition) is 5. The van der Waals surface area contributed by atoms with Crippen LogP contribution in [0.4, 0.5) is 5.69 Å². The minimum Gasteiger partial charge on any atom is -0.468 e. The van der Waals surface area contributed by atoms with Crippen LogP contribution in [-0.4, -0.2) is 41.4 Å². The van der Waals surface area contributed by atoms with Crippen LogP contribution in [0.2, 0.25) is 5.02 Å². The molecular weight excluding hydrogens is 300 g/mol. The predicted molar refractivity (Wildman–Crippen MR) is 76.3 cm³/mol. The fraction of sp³-hybridized carbons (Fsp3) is 0.385. The van der Waals surface area contributed by atoms with Gasteiger partial charge in [0.2, 0.25) is 0 Å². The molecule has 0 aromatic heterocycles. The van der Waals surface area contributed by atoms with Crippen molar-refractivity contribution in [1.82, 2.24) is 4.90 Å². The Labute approximate surface area is 126 Å². The summed E-state index contributed by atoms with van der Waals surface area (Å²) in [6.45, 7) is 3.17. The molecule has 0 fully saturated rings. The topological polar surface area (TPSA) is 89.8 Å². The zero-order valence-corrected chi connectivity index (χ0v) is 12.6. The second-order valence-electron chi connectivity index (χ2n) is 4.50. The van der Waals surface area contributed by atoms with Gasteiger partial charge in [0.15, 0.2) is 0 Å². The minimum atomic E-state index is -0.668. The van der Waals surface area contributed by atoms with E-state index in [0.717, 1.165) is 0 Å². The van der Waals surface area contributed by atoms with Crippen LogP contribution in [0.25, 0.3) is 0 Å². The molecule has 0 unspecified atom stereocenters. The number of rotatable bonds is 5. The average Bonchev–Trinajstić information content (AvgIpc) is 2.43. The van der Waals surface area contributed by atoms with Crippen molar-refractivity contribution >= 4 is 29.2 Å². The van der Waals surface area contributed by atoms with E-state index in [2.05, 4.69) is 4.74 Å². The number of esters is 1. The van der Waals surface area contributed by atoms with E-state index in [1.807, 2.05) is 0 Å². The Balaban J connectivity index is 3.18. The molecule has 0 bridgehead atoms. The van der Waals surface area contributed by atoms with Gasteiger partial charge in [-0.2, -0.15) is 0 Å². The van der Waals surface area contributed by atoms with Crippen molar-refractivity contribution in [3.63, 3.8) is 0 Å². The molecule has 0 saturated carbocycles. The third kappa shape index (κ3) is 3.91. The van der Waals surface area contributed by atoms with Crippen LogP contribution in [-0.2, 0) is 9.53 Å². The number of carbonyl (C=O) groups is 2. The quantitative estimate of drug-likeness (QED) is 0.472. The van der Waals surface area contributed by atoms with E-state index < -0.39 is 16.8 Å². The summed E-state index contributed by atoms with van der Waals surface area (Å²) in [5.74, 6) is -1.15. The van der Waals surface area contributed by atoms with Crippen LogP contribution >= 0.6 is 11.6 Å². The standard InChI is InChI=1S/C13H15ClN2O5/c1-8(2)15(7-11(17)21-3)13(18)9-5-4-6-10(12(9)14)16(19)20/h4-6,8H,7H2,1-3H3. The lowest BCUT2D eigenvalue weighted by Crippen LogP contribution is -2.41. The predicted octanol–water partition coefficient (Wildman–Crippen LogP) is 2.27.